The molecule has 1 aromatic carbocycles. The normalized spacial score (nSPS) is 11.5. The highest BCUT2D eigenvalue weighted by molar-refractivity contribution is 8.00. The van der Waals surface area contributed by atoms with Crippen molar-refractivity contribution in [3.05, 3.63) is 46.9 Å². The second kappa shape index (κ2) is 9.20. The molecule has 136 valence electrons. The van der Waals surface area contributed by atoms with Crippen LogP contribution in [0, 0.1) is 25.2 Å². The lowest BCUT2D eigenvalue weighted by molar-refractivity contribution is -0.120. The van der Waals surface area contributed by atoms with Crippen molar-refractivity contribution in [2.24, 2.45) is 0 Å². The van der Waals surface area contributed by atoms with Crippen molar-refractivity contribution in [1.29, 1.82) is 5.26 Å². The Kier molecular flexibility index (Phi) is 6.98. The predicted molar refractivity (Wildman–Crippen MR) is 101 cm³/mol. The highest BCUT2D eigenvalue weighted by Gasteiger charge is 2.19. The monoisotopic (exact) mass is 370 g/mol. The smallest absolute Gasteiger partial charge is 0.233 e. The zero-order valence-electron chi connectivity index (χ0n) is 15.4. The van der Waals surface area contributed by atoms with Crippen LogP contribution in [0.5, 0.6) is 5.75 Å². The maximum absolute atomic E-state index is 12.3. The van der Waals surface area contributed by atoms with Gasteiger partial charge in [0.05, 0.1) is 18.1 Å². The van der Waals surface area contributed by atoms with Crippen LogP contribution in [0.1, 0.15) is 29.6 Å². The van der Waals surface area contributed by atoms with Gasteiger partial charge in [0.25, 0.3) is 0 Å². The molecule has 1 unspecified atom stereocenters. The Morgan fingerprint density at radius 3 is 2.62 bits per heavy atom. The molecule has 0 bridgehead atoms. The Balaban J connectivity index is 1.90. The number of methoxy groups -OCH3 is 1. The fourth-order valence-electron chi connectivity index (χ4n) is 2.38. The molecule has 2 rings (SSSR count). The van der Waals surface area contributed by atoms with Gasteiger partial charge < -0.3 is 10.1 Å². The van der Waals surface area contributed by atoms with Gasteiger partial charge in [0.2, 0.25) is 5.91 Å². The molecule has 0 aliphatic rings. The summed E-state index contributed by atoms with van der Waals surface area (Å²) in [5, 5.41) is 12.4. The van der Waals surface area contributed by atoms with Crippen LogP contribution in [0.2, 0.25) is 0 Å². The quantitative estimate of drug-likeness (QED) is 0.596. The first kappa shape index (κ1) is 19.7. The van der Waals surface area contributed by atoms with Gasteiger partial charge in [0.15, 0.2) is 0 Å². The van der Waals surface area contributed by atoms with Crippen molar-refractivity contribution >= 4 is 17.7 Å². The number of rotatable bonds is 7. The molecule has 2 aromatic rings. The number of nitrogens with one attached hydrogen (secondary N) is 1. The molecule has 26 heavy (non-hydrogen) atoms. The van der Waals surface area contributed by atoms with Crippen LogP contribution < -0.4 is 10.1 Å². The van der Waals surface area contributed by atoms with E-state index < -0.39 is 0 Å². The number of nitrogens with zero attached hydrogens (tertiary/aromatic N) is 3. The van der Waals surface area contributed by atoms with Gasteiger partial charge in [0, 0.05) is 6.54 Å². The summed E-state index contributed by atoms with van der Waals surface area (Å²) >= 11 is 1.28. The number of aromatic nitrogens is 2. The van der Waals surface area contributed by atoms with E-state index in [2.05, 4.69) is 21.4 Å². The van der Waals surface area contributed by atoms with Crippen molar-refractivity contribution in [1.82, 2.24) is 15.3 Å². The first-order chi connectivity index (χ1) is 12.4. The number of amides is 1. The fraction of sp³-hybridized carbons (Fsp3) is 0.368. The SMILES string of the molecule is COc1ccc(CCNC(=O)C(C)Sc2nc(C)nc(C)c2C#N)cc1. The summed E-state index contributed by atoms with van der Waals surface area (Å²) in [6, 6.07) is 9.89. The molecule has 0 radical (unpaired) electrons. The van der Waals surface area contributed by atoms with Crippen LogP contribution in [0.4, 0.5) is 0 Å². The molecule has 6 nitrogen and oxygen atoms in total. The molecule has 0 saturated carbocycles. The molecule has 0 aliphatic heterocycles. The van der Waals surface area contributed by atoms with E-state index in [9.17, 15) is 10.1 Å². The minimum absolute atomic E-state index is 0.0821. The Bertz CT molecular complexity index is 816. The minimum Gasteiger partial charge on any atom is -0.497 e. The molecule has 0 saturated heterocycles. The number of thioether (sulfide) groups is 1. The highest BCUT2D eigenvalue weighted by Crippen LogP contribution is 2.26. The highest BCUT2D eigenvalue weighted by atomic mass is 32.2. The molecule has 1 amide bonds. The van der Waals surface area contributed by atoms with Crippen LogP contribution >= 0.6 is 11.8 Å². The molecule has 1 heterocycles. The molecule has 1 atom stereocenters. The Labute approximate surface area is 158 Å². The first-order valence-electron chi connectivity index (χ1n) is 8.27. The molecule has 1 aromatic heterocycles. The largest absolute Gasteiger partial charge is 0.497 e. The first-order valence-corrected chi connectivity index (χ1v) is 9.15. The number of hydrogen-bond donors (Lipinski definition) is 1. The second-order valence-corrected chi connectivity index (χ2v) is 7.13. The van der Waals surface area contributed by atoms with Gasteiger partial charge in [-0.15, -0.1) is 0 Å². The minimum atomic E-state index is -0.355. The summed E-state index contributed by atoms with van der Waals surface area (Å²) in [5.41, 5.74) is 2.19. The van der Waals surface area contributed by atoms with Crippen molar-refractivity contribution in [2.45, 2.75) is 37.5 Å². The molecular formula is C19H22N4O2S. The average molecular weight is 370 g/mol. The lowest BCUT2D eigenvalue weighted by Crippen LogP contribution is -2.32. The molecule has 7 heteroatoms. The van der Waals surface area contributed by atoms with Gasteiger partial charge >= 0.3 is 0 Å². The summed E-state index contributed by atoms with van der Waals surface area (Å²) < 4.78 is 5.13. The van der Waals surface area contributed by atoms with Crippen molar-refractivity contribution in [3.63, 3.8) is 0 Å². The van der Waals surface area contributed by atoms with E-state index in [0.29, 0.717) is 28.7 Å². The van der Waals surface area contributed by atoms with Gasteiger partial charge in [-0.2, -0.15) is 5.26 Å². The van der Waals surface area contributed by atoms with Crippen molar-refractivity contribution in [2.75, 3.05) is 13.7 Å². The fourth-order valence-corrected chi connectivity index (χ4v) is 3.40. The Morgan fingerprint density at radius 1 is 1.31 bits per heavy atom. The third kappa shape index (κ3) is 5.20. The topological polar surface area (TPSA) is 87.9 Å². The van der Waals surface area contributed by atoms with E-state index in [0.717, 1.165) is 17.7 Å². The third-order valence-corrected chi connectivity index (χ3v) is 4.90. The van der Waals surface area contributed by atoms with Gasteiger partial charge in [0.1, 0.15) is 28.2 Å². The summed E-state index contributed by atoms with van der Waals surface area (Å²) in [4.78, 5) is 20.8. The van der Waals surface area contributed by atoms with Gasteiger partial charge in [-0.25, -0.2) is 9.97 Å². The molecular weight excluding hydrogens is 348 g/mol. The van der Waals surface area contributed by atoms with Crippen molar-refractivity contribution in [3.8, 4) is 11.8 Å². The molecule has 0 aliphatic carbocycles. The van der Waals surface area contributed by atoms with Crippen LogP contribution in [0.25, 0.3) is 0 Å². The summed E-state index contributed by atoms with van der Waals surface area (Å²) in [7, 11) is 1.63. The van der Waals surface area contributed by atoms with E-state index in [1.54, 1.807) is 27.9 Å². The number of benzene rings is 1. The third-order valence-electron chi connectivity index (χ3n) is 3.81. The van der Waals surface area contributed by atoms with Crippen LogP contribution in [-0.2, 0) is 11.2 Å². The Hall–Kier alpha value is -2.59. The van der Waals surface area contributed by atoms with Crippen LogP contribution in [0.15, 0.2) is 29.3 Å². The number of ether oxygens (including phenoxy) is 1. The van der Waals surface area contributed by atoms with E-state index in [1.807, 2.05) is 24.3 Å². The zero-order valence-corrected chi connectivity index (χ0v) is 16.2. The number of hydrogen-bond acceptors (Lipinski definition) is 6. The number of nitriles is 1. The van der Waals surface area contributed by atoms with E-state index in [4.69, 9.17) is 4.74 Å². The van der Waals surface area contributed by atoms with Gasteiger partial charge in [-0.05, 0) is 44.9 Å². The summed E-state index contributed by atoms with van der Waals surface area (Å²) in [6.07, 6.45) is 0.738. The lowest BCUT2D eigenvalue weighted by atomic mass is 10.1. The standard InChI is InChI=1S/C19H22N4O2S/c1-12-17(11-20)19(23-14(3)22-12)26-13(2)18(24)21-10-9-15-5-7-16(25-4)8-6-15/h5-8,13H,9-10H2,1-4H3,(H,21,24). The van der Waals surface area contributed by atoms with Gasteiger partial charge in [-0.3, -0.25) is 4.79 Å². The summed E-state index contributed by atoms with van der Waals surface area (Å²) in [6.45, 7) is 5.90. The van der Waals surface area contributed by atoms with Gasteiger partial charge in [-0.1, -0.05) is 23.9 Å². The number of carbonyl (C=O) groups is 1. The van der Waals surface area contributed by atoms with E-state index in [-0.39, 0.29) is 11.2 Å². The maximum atomic E-state index is 12.3. The van der Waals surface area contributed by atoms with Crippen molar-refractivity contribution < 1.29 is 9.53 Å². The van der Waals surface area contributed by atoms with Crippen LogP contribution in [0.3, 0.4) is 0 Å². The lowest BCUT2D eigenvalue weighted by Gasteiger charge is -2.13. The van der Waals surface area contributed by atoms with E-state index >= 15 is 0 Å². The number of carbonyl (C=O) groups excluding carboxylic acids is 1. The maximum Gasteiger partial charge on any atom is 0.233 e. The van der Waals surface area contributed by atoms with E-state index in [1.165, 1.54) is 11.8 Å². The molecule has 0 fully saturated rings. The molecule has 1 N–H and O–H groups in total. The number of aryl methyl sites for hydroxylation is 2. The average Bonchev–Trinajstić information content (AvgIpc) is 2.61. The molecule has 0 spiro atoms. The summed E-state index contributed by atoms with van der Waals surface area (Å²) in [5.74, 6) is 1.32. The Morgan fingerprint density at radius 2 is 2.00 bits per heavy atom. The van der Waals surface area contributed by atoms with Crippen LogP contribution in [-0.4, -0.2) is 34.8 Å². The predicted octanol–water partition coefficient (Wildman–Crippen LogP) is 2.81. The zero-order chi connectivity index (χ0) is 19.1. The second-order valence-electron chi connectivity index (χ2n) is 5.80.